The van der Waals surface area contributed by atoms with Gasteiger partial charge in [0.2, 0.25) is 5.88 Å². The molecule has 6 nitrogen and oxygen atoms in total. The third-order valence-corrected chi connectivity index (χ3v) is 5.03. The van der Waals surface area contributed by atoms with Gasteiger partial charge in [0.15, 0.2) is 0 Å². The van der Waals surface area contributed by atoms with Crippen LogP contribution in [0.15, 0.2) is 48.7 Å². The van der Waals surface area contributed by atoms with Gasteiger partial charge in [-0.25, -0.2) is 4.98 Å². The summed E-state index contributed by atoms with van der Waals surface area (Å²) in [6.45, 7) is 0.702. The fourth-order valence-electron chi connectivity index (χ4n) is 3.53. The van der Waals surface area contributed by atoms with Crippen molar-refractivity contribution in [2.24, 2.45) is 0 Å². The number of hydrogen-bond donors (Lipinski definition) is 1. The number of hydrogen-bond acceptors (Lipinski definition) is 4. The predicted octanol–water partition coefficient (Wildman–Crippen LogP) is 4.24. The van der Waals surface area contributed by atoms with Crippen LogP contribution in [0.25, 0.3) is 11.3 Å². The number of aryl methyl sites for hydroxylation is 1. The summed E-state index contributed by atoms with van der Waals surface area (Å²) in [5, 5.41) is 7.46. The quantitative estimate of drug-likeness (QED) is 0.691. The average Bonchev–Trinajstić information content (AvgIpc) is 3.19. The van der Waals surface area contributed by atoms with Crippen LogP contribution in [0, 0.1) is 0 Å². The van der Waals surface area contributed by atoms with Crippen molar-refractivity contribution < 1.29 is 22.7 Å². The maximum Gasteiger partial charge on any atom is 0.416 e. The molecule has 0 aliphatic carbocycles. The van der Waals surface area contributed by atoms with Gasteiger partial charge < -0.3 is 10.1 Å². The molecule has 3 aromatic rings. The normalized spacial score (nSPS) is 16.1. The molecular weight excluding hydrogens is 397 g/mol. The van der Waals surface area contributed by atoms with Crippen LogP contribution in [0.3, 0.4) is 0 Å². The van der Waals surface area contributed by atoms with E-state index in [1.54, 1.807) is 12.3 Å². The lowest BCUT2D eigenvalue weighted by atomic mass is 10.0. The van der Waals surface area contributed by atoms with Crippen molar-refractivity contribution >= 4 is 5.91 Å². The fraction of sp³-hybridized carbons (Fsp3) is 0.286. The average molecular weight is 416 g/mol. The Morgan fingerprint density at radius 2 is 2.07 bits per heavy atom. The third-order valence-electron chi connectivity index (χ3n) is 5.03. The number of alkyl halides is 3. The van der Waals surface area contributed by atoms with Crippen LogP contribution in [-0.2, 0) is 12.7 Å². The molecule has 0 saturated heterocycles. The topological polar surface area (TPSA) is 69.0 Å². The van der Waals surface area contributed by atoms with E-state index >= 15 is 0 Å². The zero-order valence-corrected chi connectivity index (χ0v) is 16.1. The van der Waals surface area contributed by atoms with Gasteiger partial charge in [0.05, 0.1) is 30.1 Å². The lowest BCUT2D eigenvalue weighted by Gasteiger charge is -2.24. The van der Waals surface area contributed by atoms with E-state index in [9.17, 15) is 18.0 Å². The molecular formula is C21H19F3N4O2. The Bertz CT molecular complexity index is 1080. The lowest BCUT2D eigenvalue weighted by molar-refractivity contribution is -0.137. The number of nitrogens with zero attached hydrogens (tertiary/aromatic N) is 3. The Labute approximate surface area is 170 Å². The Kier molecular flexibility index (Phi) is 5.19. The largest absolute Gasteiger partial charge is 0.481 e. The van der Waals surface area contributed by atoms with Gasteiger partial charge in [0.1, 0.15) is 0 Å². The third kappa shape index (κ3) is 4.00. The smallest absolute Gasteiger partial charge is 0.416 e. The van der Waals surface area contributed by atoms with E-state index in [0.29, 0.717) is 24.5 Å². The van der Waals surface area contributed by atoms with E-state index < -0.39 is 17.6 Å². The first-order chi connectivity index (χ1) is 14.3. The SMILES string of the molecule is COc1cc(-c2cc3n(n2)CCCC3NC(=O)c2cccc(C(F)(F)F)c2)ccn1. The standard InChI is InChI=1S/C21H19F3N4O2/c1-30-19-11-13(7-8-25-19)17-12-18-16(6-3-9-28(18)27-17)26-20(29)14-4-2-5-15(10-14)21(22,23)24/h2,4-5,7-8,10-12,16H,3,6,9H2,1H3,(H,26,29). The number of ether oxygens (including phenoxy) is 1. The molecule has 1 aromatic carbocycles. The molecule has 0 radical (unpaired) electrons. The number of amides is 1. The monoisotopic (exact) mass is 416 g/mol. The Balaban J connectivity index is 1.58. The minimum absolute atomic E-state index is 0.0273. The van der Waals surface area contributed by atoms with E-state index in [1.807, 2.05) is 16.8 Å². The molecule has 1 atom stereocenters. The summed E-state index contributed by atoms with van der Waals surface area (Å²) in [5.41, 5.74) is 1.48. The highest BCUT2D eigenvalue weighted by molar-refractivity contribution is 5.94. The van der Waals surface area contributed by atoms with Gasteiger partial charge in [-0.2, -0.15) is 18.3 Å². The van der Waals surface area contributed by atoms with Crippen molar-refractivity contribution in [3.8, 4) is 17.1 Å². The van der Waals surface area contributed by atoms with Gasteiger partial charge in [-0.3, -0.25) is 9.48 Å². The van der Waals surface area contributed by atoms with Crippen LogP contribution in [0.5, 0.6) is 5.88 Å². The van der Waals surface area contributed by atoms with Gasteiger partial charge >= 0.3 is 6.18 Å². The highest BCUT2D eigenvalue weighted by Crippen LogP contribution is 2.32. The van der Waals surface area contributed by atoms with Crippen molar-refractivity contribution in [2.75, 3.05) is 7.11 Å². The number of nitrogens with one attached hydrogen (secondary N) is 1. The first-order valence-electron chi connectivity index (χ1n) is 9.41. The van der Waals surface area contributed by atoms with E-state index in [0.717, 1.165) is 29.8 Å². The Morgan fingerprint density at radius 3 is 2.83 bits per heavy atom. The van der Waals surface area contributed by atoms with E-state index in [1.165, 1.54) is 19.2 Å². The van der Waals surface area contributed by atoms with E-state index in [-0.39, 0.29) is 11.6 Å². The van der Waals surface area contributed by atoms with Gasteiger partial charge in [0.25, 0.3) is 5.91 Å². The van der Waals surface area contributed by atoms with Crippen LogP contribution in [-0.4, -0.2) is 27.8 Å². The van der Waals surface area contributed by atoms with Crippen LogP contribution < -0.4 is 10.1 Å². The molecule has 1 aliphatic rings. The summed E-state index contributed by atoms with van der Waals surface area (Å²) < 4.78 is 45.8. The van der Waals surface area contributed by atoms with Crippen LogP contribution in [0.1, 0.15) is 40.5 Å². The molecule has 4 rings (SSSR count). The number of pyridine rings is 1. The van der Waals surface area contributed by atoms with Crippen molar-refractivity contribution in [2.45, 2.75) is 31.6 Å². The first-order valence-corrected chi connectivity index (χ1v) is 9.41. The van der Waals surface area contributed by atoms with Crippen molar-refractivity contribution in [1.29, 1.82) is 0 Å². The summed E-state index contributed by atoms with van der Waals surface area (Å²) >= 11 is 0. The van der Waals surface area contributed by atoms with Crippen molar-refractivity contribution in [3.05, 3.63) is 65.5 Å². The molecule has 30 heavy (non-hydrogen) atoms. The summed E-state index contributed by atoms with van der Waals surface area (Å²) in [7, 11) is 1.53. The number of carbonyl (C=O) groups excluding carboxylic acids is 1. The molecule has 1 N–H and O–H groups in total. The summed E-state index contributed by atoms with van der Waals surface area (Å²) in [6.07, 6.45) is -1.41. The number of fused-ring (bicyclic) bond motifs is 1. The minimum Gasteiger partial charge on any atom is -0.481 e. The number of rotatable bonds is 4. The number of halogens is 3. The fourth-order valence-corrected chi connectivity index (χ4v) is 3.53. The highest BCUT2D eigenvalue weighted by atomic mass is 19.4. The minimum atomic E-state index is -4.50. The number of methoxy groups -OCH3 is 1. The molecule has 0 saturated carbocycles. The molecule has 0 bridgehead atoms. The first kappa shape index (κ1) is 19.9. The summed E-state index contributed by atoms with van der Waals surface area (Å²) in [4.78, 5) is 16.7. The van der Waals surface area contributed by atoms with Gasteiger partial charge in [-0.1, -0.05) is 6.07 Å². The molecule has 156 valence electrons. The molecule has 0 fully saturated rings. The Hall–Kier alpha value is -3.36. The number of benzene rings is 1. The summed E-state index contributed by atoms with van der Waals surface area (Å²) in [6, 6.07) is 9.54. The zero-order valence-electron chi connectivity index (χ0n) is 16.1. The van der Waals surface area contributed by atoms with Crippen LogP contribution >= 0.6 is 0 Å². The van der Waals surface area contributed by atoms with Gasteiger partial charge in [-0.05, 0) is 43.2 Å². The zero-order chi connectivity index (χ0) is 21.3. The van der Waals surface area contributed by atoms with E-state index in [2.05, 4.69) is 15.4 Å². The number of aromatic nitrogens is 3. The maximum absolute atomic E-state index is 12.9. The van der Waals surface area contributed by atoms with Gasteiger partial charge in [-0.15, -0.1) is 0 Å². The van der Waals surface area contributed by atoms with Gasteiger partial charge in [0, 0.05) is 29.9 Å². The van der Waals surface area contributed by atoms with Crippen molar-refractivity contribution in [1.82, 2.24) is 20.1 Å². The molecule has 3 heterocycles. The second-order valence-electron chi connectivity index (χ2n) is 7.01. The molecule has 0 spiro atoms. The summed E-state index contributed by atoms with van der Waals surface area (Å²) in [5.74, 6) is -0.0826. The molecule has 2 aromatic heterocycles. The molecule has 1 aliphatic heterocycles. The lowest BCUT2D eigenvalue weighted by Crippen LogP contribution is -2.32. The van der Waals surface area contributed by atoms with Crippen LogP contribution in [0.4, 0.5) is 13.2 Å². The highest BCUT2D eigenvalue weighted by Gasteiger charge is 2.31. The maximum atomic E-state index is 12.9. The van der Waals surface area contributed by atoms with Crippen LogP contribution in [0.2, 0.25) is 0 Å². The predicted molar refractivity (Wildman–Crippen MR) is 103 cm³/mol. The number of carbonyl (C=O) groups is 1. The molecule has 9 heteroatoms. The Morgan fingerprint density at radius 1 is 1.23 bits per heavy atom. The second kappa shape index (κ2) is 7.81. The second-order valence-corrected chi connectivity index (χ2v) is 7.01. The van der Waals surface area contributed by atoms with E-state index in [4.69, 9.17) is 4.74 Å². The molecule has 1 unspecified atom stereocenters. The molecule has 1 amide bonds. The van der Waals surface area contributed by atoms with Crippen molar-refractivity contribution in [3.63, 3.8) is 0 Å².